The van der Waals surface area contributed by atoms with Gasteiger partial charge in [0.15, 0.2) is 5.96 Å². The lowest BCUT2D eigenvalue weighted by atomic mass is 9.98. The first-order chi connectivity index (χ1) is 24.5. The number of aromatic amines is 1. The summed E-state index contributed by atoms with van der Waals surface area (Å²) in [7, 11) is 0. The summed E-state index contributed by atoms with van der Waals surface area (Å²) in [5, 5.41) is 12.7. The molecule has 0 aliphatic rings. The zero-order valence-corrected chi connectivity index (χ0v) is 28.3. The fraction of sp³-hybridized carbons (Fsp3) is 0.306. The van der Waals surface area contributed by atoms with Gasteiger partial charge in [-0.3, -0.25) is 29.0 Å². The Morgan fingerprint density at radius 1 is 0.725 bits per heavy atom. The van der Waals surface area contributed by atoms with Crippen LogP contribution in [0.3, 0.4) is 0 Å². The standard InChI is InChI=1S/C36H44N10O5/c1-22(47)43-31(19-26-20-40-21-42-26)35(51)46-30(17-23-9-3-2-4-10-23)34(50)44-28(15-8-16-41-36(38)39)33(49)45-29(32(37)48)18-25-13-7-12-24-11-5-6-14-27(24)25/h2-7,9-14,20-21,28-31H,8,15-19H2,1H3,(H2,37,48)(H,40,42)(H,43,47)(H,44,50)(H,45,49)(H,46,51)(H4,38,39,41)/t28-,29-,30-,31-/m0/s1. The van der Waals surface area contributed by atoms with Crippen LogP contribution in [0.25, 0.3) is 10.8 Å². The van der Waals surface area contributed by atoms with Crippen LogP contribution in [-0.2, 0) is 43.2 Å². The van der Waals surface area contributed by atoms with Gasteiger partial charge in [0, 0.05) is 44.6 Å². The molecule has 0 aliphatic carbocycles. The number of benzene rings is 3. The van der Waals surface area contributed by atoms with Gasteiger partial charge in [-0.2, -0.15) is 0 Å². The summed E-state index contributed by atoms with van der Waals surface area (Å²) in [6.07, 6.45) is 3.65. The molecule has 0 saturated carbocycles. The van der Waals surface area contributed by atoms with E-state index in [1.807, 2.05) is 48.5 Å². The van der Waals surface area contributed by atoms with Crippen LogP contribution >= 0.6 is 0 Å². The number of aromatic nitrogens is 2. The number of aliphatic imine (C=N–C) groups is 1. The van der Waals surface area contributed by atoms with Crippen molar-refractivity contribution in [3.8, 4) is 0 Å². The van der Waals surface area contributed by atoms with Crippen LogP contribution in [0, 0.1) is 0 Å². The van der Waals surface area contributed by atoms with Crippen molar-refractivity contribution in [1.82, 2.24) is 31.2 Å². The lowest BCUT2D eigenvalue weighted by molar-refractivity contribution is -0.134. The Hall–Kier alpha value is -6.25. The van der Waals surface area contributed by atoms with E-state index in [4.69, 9.17) is 17.2 Å². The van der Waals surface area contributed by atoms with Crippen molar-refractivity contribution in [2.45, 2.75) is 63.2 Å². The van der Waals surface area contributed by atoms with Crippen molar-refractivity contribution in [3.05, 3.63) is 102 Å². The van der Waals surface area contributed by atoms with Gasteiger partial charge in [-0.25, -0.2) is 4.98 Å². The molecule has 4 rings (SSSR count). The first-order valence-electron chi connectivity index (χ1n) is 16.5. The Labute approximate surface area is 295 Å². The molecule has 0 aliphatic heterocycles. The van der Waals surface area contributed by atoms with Crippen LogP contribution in [0.1, 0.15) is 36.6 Å². The summed E-state index contributed by atoms with van der Waals surface area (Å²) >= 11 is 0. The van der Waals surface area contributed by atoms with E-state index in [-0.39, 0.29) is 38.2 Å². The number of guanidine groups is 1. The zero-order valence-electron chi connectivity index (χ0n) is 28.3. The number of hydrogen-bond acceptors (Lipinski definition) is 7. The molecule has 0 saturated heterocycles. The normalized spacial score (nSPS) is 13.2. The summed E-state index contributed by atoms with van der Waals surface area (Å²) in [6, 6.07) is 17.9. The zero-order chi connectivity index (χ0) is 36.8. The minimum Gasteiger partial charge on any atom is -0.370 e. The van der Waals surface area contributed by atoms with Crippen molar-refractivity contribution < 1.29 is 24.0 Å². The summed E-state index contributed by atoms with van der Waals surface area (Å²) < 4.78 is 0. The Bertz CT molecular complexity index is 1820. The van der Waals surface area contributed by atoms with E-state index in [0.29, 0.717) is 12.1 Å². The van der Waals surface area contributed by atoms with Crippen LogP contribution in [0.15, 0.2) is 90.3 Å². The number of hydrogen-bond donors (Lipinski definition) is 8. The Balaban J connectivity index is 1.56. The van der Waals surface area contributed by atoms with Crippen LogP contribution in [-0.4, -0.2) is 76.2 Å². The Morgan fingerprint density at radius 3 is 2.02 bits per heavy atom. The third-order valence-corrected chi connectivity index (χ3v) is 8.13. The number of amides is 5. The van der Waals surface area contributed by atoms with Gasteiger partial charge in [-0.15, -0.1) is 0 Å². The molecule has 4 aromatic rings. The maximum absolute atomic E-state index is 14.0. The van der Waals surface area contributed by atoms with E-state index >= 15 is 0 Å². The molecule has 0 fully saturated rings. The molecule has 0 radical (unpaired) electrons. The molecule has 0 bridgehead atoms. The van der Waals surface area contributed by atoms with Crippen LogP contribution in [0.5, 0.6) is 0 Å². The van der Waals surface area contributed by atoms with Gasteiger partial charge < -0.3 is 43.5 Å². The topological polar surface area (TPSA) is 253 Å². The number of imidazole rings is 1. The molecule has 0 unspecified atom stereocenters. The number of nitrogens with zero attached hydrogens (tertiary/aromatic N) is 2. The summed E-state index contributed by atoms with van der Waals surface area (Å²) in [6.45, 7) is 1.46. The van der Waals surface area contributed by atoms with E-state index in [2.05, 4.69) is 36.2 Å². The van der Waals surface area contributed by atoms with Crippen LogP contribution in [0.2, 0.25) is 0 Å². The van der Waals surface area contributed by atoms with E-state index < -0.39 is 53.7 Å². The number of carbonyl (C=O) groups is 5. The number of nitrogens with one attached hydrogen (secondary N) is 5. The first kappa shape index (κ1) is 37.6. The molecular weight excluding hydrogens is 652 g/mol. The number of primary amides is 1. The molecule has 1 aromatic heterocycles. The molecule has 0 spiro atoms. The van der Waals surface area contributed by atoms with Gasteiger partial charge in [0.2, 0.25) is 29.5 Å². The predicted molar refractivity (Wildman–Crippen MR) is 193 cm³/mol. The fourth-order valence-electron chi connectivity index (χ4n) is 5.63. The highest BCUT2D eigenvalue weighted by molar-refractivity contribution is 5.96. The molecule has 51 heavy (non-hydrogen) atoms. The molecule has 4 atom stereocenters. The minimum absolute atomic E-state index is 0.0720. The number of rotatable bonds is 18. The van der Waals surface area contributed by atoms with Crippen molar-refractivity contribution >= 4 is 46.3 Å². The molecule has 15 heteroatoms. The molecule has 5 amide bonds. The lowest BCUT2D eigenvalue weighted by Crippen LogP contribution is -2.59. The van der Waals surface area contributed by atoms with E-state index in [1.165, 1.54) is 19.4 Å². The maximum Gasteiger partial charge on any atom is 0.243 e. The second-order valence-electron chi connectivity index (χ2n) is 12.1. The Kier molecular flexibility index (Phi) is 13.6. The quantitative estimate of drug-likeness (QED) is 0.0401. The Morgan fingerprint density at radius 2 is 1.35 bits per heavy atom. The summed E-state index contributed by atoms with van der Waals surface area (Å²) in [4.78, 5) is 76.9. The maximum atomic E-state index is 14.0. The average molecular weight is 697 g/mol. The number of H-pyrrole nitrogens is 1. The van der Waals surface area contributed by atoms with Crippen molar-refractivity contribution in [2.75, 3.05) is 6.54 Å². The second-order valence-corrected chi connectivity index (χ2v) is 12.1. The number of carbonyl (C=O) groups excluding carboxylic acids is 5. The van der Waals surface area contributed by atoms with Gasteiger partial charge in [0.25, 0.3) is 0 Å². The molecule has 3 aromatic carbocycles. The molecule has 1 heterocycles. The SMILES string of the molecule is CC(=O)N[C@@H](Cc1cnc[nH]1)C(=O)N[C@@H](Cc1ccccc1)C(=O)N[C@@H](CCCN=C(N)N)C(=O)N[C@@H](Cc1cccc2ccccc12)C(N)=O. The number of fused-ring (bicyclic) bond motifs is 1. The summed E-state index contributed by atoms with van der Waals surface area (Å²) in [5.74, 6) is -3.26. The average Bonchev–Trinajstić information content (AvgIpc) is 3.62. The van der Waals surface area contributed by atoms with Crippen LogP contribution < -0.4 is 38.5 Å². The molecular formula is C36H44N10O5. The van der Waals surface area contributed by atoms with Crippen molar-refractivity contribution in [1.29, 1.82) is 0 Å². The van der Waals surface area contributed by atoms with Gasteiger partial charge in [0.05, 0.1) is 6.33 Å². The van der Waals surface area contributed by atoms with Crippen molar-refractivity contribution in [3.63, 3.8) is 0 Å². The van der Waals surface area contributed by atoms with Gasteiger partial charge in [0.1, 0.15) is 24.2 Å². The third-order valence-electron chi connectivity index (χ3n) is 8.13. The highest BCUT2D eigenvalue weighted by atomic mass is 16.2. The highest BCUT2D eigenvalue weighted by Crippen LogP contribution is 2.20. The van der Waals surface area contributed by atoms with E-state index in [9.17, 15) is 24.0 Å². The van der Waals surface area contributed by atoms with Gasteiger partial charge in [-0.05, 0) is 34.7 Å². The second kappa shape index (κ2) is 18.5. The van der Waals surface area contributed by atoms with Crippen LogP contribution in [0.4, 0.5) is 0 Å². The highest BCUT2D eigenvalue weighted by Gasteiger charge is 2.31. The molecule has 15 nitrogen and oxygen atoms in total. The first-order valence-corrected chi connectivity index (χ1v) is 16.5. The monoisotopic (exact) mass is 696 g/mol. The van der Waals surface area contributed by atoms with E-state index in [0.717, 1.165) is 21.9 Å². The smallest absolute Gasteiger partial charge is 0.243 e. The predicted octanol–water partition coefficient (Wildman–Crippen LogP) is 0.0888. The van der Waals surface area contributed by atoms with Crippen molar-refractivity contribution in [2.24, 2.45) is 22.2 Å². The van der Waals surface area contributed by atoms with E-state index in [1.54, 1.807) is 24.3 Å². The number of nitrogens with two attached hydrogens (primary N) is 3. The van der Waals surface area contributed by atoms with Gasteiger partial charge >= 0.3 is 0 Å². The van der Waals surface area contributed by atoms with Gasteiger partial charge in [-0.1, -0.05) is 72.8 Å². The fourth-order valence-corrected chi connectivity index (χ4v) is 5.63. The molecule has 11 N–H and O–H groups in total. The summed E-state index contributed by atoms with van der Waals surface area (Å²) in [5.41, 5.74) is 18.8. The lowest BCUT2D eigenvalue weighted by Gasteiger charge is -2.26. The largest absolute Gasteiger partial charge is 0.370 e. The molecule has 268 valence electrons. The minimum atomic E-state index is -1.16. The third kappa shape index (κ3) is 11.7.